The van der Waals surface area contributed by atoms with Crippen molar-refractivity contribution in [1.29, 1.82) is 0 Å². The summed E-state index contributed by atoms with van der Waals surface area (Å²) in [5.41, 5.74) is 5.32. The number of esters is 1. The molecular formula is C37H66NO9P. The molecule has 0 radical (unpaired) electrons. The minimum Gasteiger partial charge on any atom is -0.480 e. The lowest BCUT2D eigenvalue weighted by atomic mass is 10.1. The van der Waals surface area contributed by atoms with Crippen LogP contribution in [-0.2, 0) is 32.7 Å². The van der Waals surface area contributed by atoms with Gasteiger partial charge in [0.05, 0.1) is 19.8 Å². The molecule has 0 aromatic carbocycles. The van der Waals surface area contributed by atoms with Crippen LogP contribution in [0.25, 0.3) is 0 Å². The van der Waals surface area contributed by atoms with Gasteiger partial charge in [-0.15, -0.1) is 0 Å². The number of allylic oxidation sites excluding steroid dienone is 8. The number of ether oxygens (including phenoxy) is 2. The Morgan fingerprint density at radius 1 is 0.688 bits per heavy atom. The molecule has 0 saturated heterocycles. The first kappa shape index (κ1) is 45.9. The summed E-state index contributed by atoms with van der Waals surface area (Å²) in [5, 5.41) is 8.85. The zero-order chi connectivity index (χ0) is 35.6. The predicted molar refractivity (Wildman–Crippen MR) is 194 cm³/mol. The number of hydrogen-bond acceptors (Lipinski definition) is 8. The van der Waals surface area contributed by atoms with Crippen LogP contribution in [0.4, 0.5) is 0 Å². The zero-order valence-corrected chi connectivity index (χ0v) is 30.7. The highest BCUT2D eigenvalue weighted by atomic mass is 31.2. The first-order valence-electron chi connectivity index (χ1n) is 18.2. The van der Waals surface area contributed by atoms with Crippen LogP contribution in [0.2, 0.25) is 0 Å². The lowest BCUT2D eigenvalue weighted by Crippen LogP contribution is -2.34. The highest BCUT2D eigenvalue weighted by Crippen LogP contribution is 2.43. The highest BCUT2D eigenvalue weighted by Gasteiger charge is 2.27. The first-order valence-corrected chi connectivity index (χ1v) is 19.7. The normalized spacial score (nSPS) is 14.8. The largest absolute Gasteiger partial charge is 0.480 e. The van der Waals surface area contributed by atoms with Crippen LogP contribution in [0.1, 0.15) is 136 Å². The molecule has 0 amide bonds. The maximum Gasteiger partial charge on any atom is 0.472 e. The molecule has 0 heterocycles. The highest BCUT2D eigenvalue weighted by molar-refractivity contribution is 7.47. The molecule has 0 fully saturated rings. The van der Waals surface area contributed by atoms with E-state index in [9.17, 15) is 19.0 Å². The van der Waals surface area contributed by atoms with E-state index in [-0.39, 0.29) is 13.0 Å². The predicted octanol–water partition coefficient (Wildman–Crippen LogP) is 9.14. The van der Waals surface area contributed by atoms with Gasteiger partial charge in [0, 0.05) is 13.0 Å². The second kappa shape index (κ2) is 33.4. The molecule has 0 rings (SSSR count). The molecule has 48 heavy (non-hydrogen) atoms. The average Bonchev–Trinajstić information content (AvgIpc) is 3.06. The Hall–Kier alpha value is -2.07. The van der Waals surface area contributed by atoms with Crippen molar-refractivity contribution in [2.45, 2.75) is 148 Å². The van der Waals surface area contributed by atoms with Gasteiger partial charge in [-0.05, 0) is 51.4 Å². The van der Waals surface area contributed by atoms with E-state index in [1.54, 1.807) is 0 Å². The molecular weight excluding hydrogens is 633 g/mol. The Balaban J connectivity index is 4.42. The molecule has 0 bridgehead atoms. The van der Waals surface area contributed by atoms with Crippen LogP contribution in [0, 0.1) is 0 Å². The molecule has 3 atom stereocenters. The van der Waals surface area contributed by atoms with Crippen molar-refractivity contribution in [3.05, 3.63) is 48.6 Å². The van der Waals surface area contributed by atoms with E-state index in [0.29, 0.717) is 13.0 Å². The lowest BCUT2D eigenvalue weighted by molar-refractivity contribution is -0.154. The van der Waals surface area contributed by atoms with E-state index in [2.05, 4.69) is 67.0 Å². The zero-order valence-electron chi connectivity index (χ0n) is 29.8. The van der Waals surface area contributed by atoms with Crippen molar-refractivity contribution in [2.75, 3.05) is 26.4 Å². The molecule has 3 unspecified atom stereocenters. The lowest BCUT2D eigenvalue weighted by Gasteiger charge is -2.20. The van der Waals surface area contributed by atoms with E-state index in [0.717, 1.165) is 57.8 Å². The molecule has 0 aliphatic rings. The number of rotatable bonds is 34. The van der Waals surface area contributed by atoms with E-state index < -0.39 is 45.1 Å². The second-order valence-electron chi connectivity index (χ2n) is 12.0. The van der Waals surface area contributed by atoms with E-state index >= 15 is 0 Å². The van der Waals surface area contributed by atoms with Crippen LogP contribution in [0.15, 0.2) is 48.6 Å². The number of phosphoric ester groups is 1. The molecule has 0 saturated carbocycles. The summed E-state index contributed by atoms with van der Waals surface area (Å²) in [7, 11) is -4.62. The molecule has 0 aliphatic carbocycles. The Morgan fingerprint density at radius 2 is 1.21 bits per heavy atom. The van der Waals surface area contributed by atoms with Crippen LogP contribution < -0.4 is 5.73 Å². The smallest absolute Gasteiger partial charge is 0.472 e. The second-order valence-corrected chi connectivity index (χ2v) is 13.4. The first-order chi connectivity index (χ1) is 23.2. The fourth-order valence-electron chi connectivity index (χ4n) is 4.53. The van der Waals surface area contributed by atoms with Crippen LogP contribution in [0.5, 0.6) is 0 Å². The topological polar surface area (TPSA) is 155 Å². The van der Waals surface area contributed by atoms with Gasteiger partial charge in [0.25, 0.3) is 0 Å². The van der Waals surface area contributed by atoms with Gasteiger partial charge >= 0.3 is 19.8 Å². The summed E-state index contributed by atoms with van der Waals surface area (Å²) >= 11 is 0. The minimum absolute atomic E-state index is 0.0000913. The Morgan fingerprint density at radius 3 is 1.77 bits per heavy atom. The minimum atomic E-state index is -4.62. The van der Waals surface area contributed by atoms with Crippen molar-refractivity contribution in [3.63, 3.8) is 0 Å². The van der Waals surface area contributed by atoms with Gasteiger partial charge in [-0.2, -0.15) is 0 Å². The van der Waals surface area contributed by atoms with Crippen LogP contribution in [0.3, 0.4) is 0 Å². The third kappa shape index (κ3) is 32.5. The van der Waals surface area contributed by atoms with Crippen LogP contribution >= 0.6 is 7.82 Å². The third-order valence-electron chi connectivity index (χ3n) is 7.37. The Labute approximate surface area is 290 Å². The number of carbonyl (C=O) groups is 2. The SMILES string of the molecule is CC/C=C\C/C=C\C/C=C\C/C=C\CCCCC(=O)OC(COCCCCCCCCCCCCC)COP(=O)(O)OCC(N)C(=O)O. The fourth-order valence-corrected chi connectivity index (χ4v) is 5.31. The molecule has 0 aromatic rings. The van der Waals surface area contributed by atoms with Gasteiger partial charge < -0.3 is 25.2 Å². The van der Waals surface area contributed by atoms with E-state index in [4.69, 9.17) is 24.8 Å². The summed E-state index contributed by atoms with van der Waals surface area (Å²) in [6, 6.07) is -1.48. The monoisotopic (exact) mass is 699 g/mol. The summed E-state index contributed by atoms with van der Waals surface area (Å²) in [6.45, 7) is 3.68. The number of carboxylic acid groups (broad SMARTS) is 1. The number of unbranched alkanes of at least 4 members (excludes halogenated alkanes) is 12. The van der Waals surface area contributed by atoms with Crippen molar-refractivity contribution < 1.29 is 42.7 Å². The van der Waals surface area contributed by atoms with Gasteiger partial charge in [-0.25, -0.2) is 4.57 Å². The van der Waals surface area contributed by atoms with Gasteiger partial charge in [0.2, 0.25) is 0 Å². The molecule has 0 aliphatic heterocycles. The van der Waals surface area contributed by atoms with Crippen molar-refractivity contribution >= 4 is 19.8 Å². The Kier molecular flexibility index (Phi) is 32.0. The van der Waals surface area contributed by atoms with Crippen molar-refractivity contribution in [1.82, 2.24) is 0 Å². The summed E-state index contributed by atoms with van der Waals surface area (Å²) in [4.78, 5) is 33.3. The third-order valence-corrected chi connectivity index (χ3v) is 8.32. The fraction of sp³-hybridized carbons (Fsp3) is 0.730. The van der Waals surface area contributed by atoms with Gasteiger partial charge in [-0.3, -0.25) is 18.6 Å². The number of nitrogens with two attached hydrogens (primary N) is 1. The maximum atomic E-state index is 12.5. The number of carboxylic acids is 1. The standard InChI is InChI=1S/C37H66NO9P/c1-3-5-7-9-11-13-15-16-17-18-19-21-23-25-27-29-36(39)47-34(32-45-48(42,43)46-33-35(38)37(40)41)31-44-30-28-26-24-22-20-14-12-10-8-6-4-2/h5,7,11,13,16-17,19,21,34-35H,3-4,6,8-10,12,14-15,18,20,22-33,38H2,1-2H3,(H,40,41)(H,42,43)/b7-5-,13-11-,17-16-,21-19-. The van der Waals surface area contributed by atoms with Crippen LogP contribution in [-0.4, -0.2) is 60.5 Å². The maximum absolute atomic E-state index is 12.5. The average molecular weight is 700 g/mol. The quantitative estimate of drug-likeness (QED) is 0.0256. The summed E-state index contributed by atoms with van der Waals surface area (Å²) in [5.74, 6) is -1.83. The van der Waals surface area contributed by atoms with Gasteiger partial charge in [-0.1, -0.05) is 127 Å². The summed E-state index contributed by atoms with van der Waals surface area (Å²) in [6.07, 6.45) is 36.0. The summed E-state index contributed by atoms with van der Waals surface area (Å²) < 4.78 is 33.1. The van der Waals surface area contributed by atoms with E-state index in [1.165, 1.54) is 51.4 Å². The number of phosphoric acid groups is 1. The molecule has 0 aromatic heterocycles. The van der Waals surface area contributed by atoms with Crippen molar-refractivity contribution in [2.24, 2.45) is 5.73 Å². The van der Waals surface area contributed by atoms with Crippen molar-refractivity contribution in [3.8, 4) is 0 Å². The molecule has 11 heteroatoms. The molecule has 0 spiro atoms. The Bertz CT molecular complexity index is 951. The molecule has 10 nitrogen and oxygen atoms in total. The molecule has 278 valence electrons. The van der Waals surface area contributed by atoms with E-state index in [1.807, 2.05) is 0 Å². The number of aliphatic carboxylic acids is 1. The number of carbonyl (C=O) groups excluding carboxylic acids is 1. The number of hydrogen-bond donors (Lipinski definition) is 3. The van der Waals surface area contributed by atoms with Gasteiger partial charge in [0.15, 0.2) is 0 Å². The van der Waals surface area contributed by atoms with Gasteiger partial charge in [0.1, 0.15) is 12.1 Å². The molecule has 4 N–H and O–H groups in total.